The smallest absolute Gasteiger partial charge is 0.411 e. The number of alkyl halides is 3. The Morgan fingerprint density at radius 1 is 1.09 bits per heavy atom. The van der Waals surface area contributed by atoms with Gasteiger partial charge in [-0.3, -0.25) is 9.88 Å². The molecule has 0 saturated carbocycles. The number of benzene rings is 1. The van der Waals surface area contributed by atoms with Gasteiger partial charge in [-0.25, -0.2) is 4.79 Å². The van der Waals surface area contributed by atoms with Crippen LogP contribution in [0.4, 0.5) is 23.7 Å². The minimum absolute atomic E-state index is 0.0684. The Morgan fingerprint density at radius 3 is 2.62 bits per heavy atom. The lowest BCUT2D eigenvalue weighted by Crippen LogP contribution is -2.50. The quantitative estimate of drug-likeness (QED) is 0.587. The fourth-order valence-electron chi connectivity index (χ4n) is 3.26. The van der Waals surface area contributed by atoms with Crippen LogP contribution >= 0.6 is 0 Å². The first-order chi connectivity index (χ1) is 15.4. The Balaban J connectivity index is 1.36. The minimum Gasteiger partial charge on any atom is -0.487 e. The van der Waals surface area contributed by atoms with E-state index in [9.17, 15) is 18.0 Å². The summed E-state index contributed by atoms with van der Waals surface area (Å²) in [6.45, 7) is 2.26. The van der Waals surface area contributed by atoms with Crippen molar-refractivity contribution in [1.82, 2.24) is 14.8 Å². The molecule has 7 nitrogen and oxygen atoms in total. The third-order valence-electron chi connectivity index (χ3n) is 4.89. The second kappa shape index (κ2) is 11.7. The van der Waals surface area contributed by atoms with Gasteiger partial charge in [-0.1, -0.05) is 12.1 Å². The van der Waals surface area contributed by atoms with E-state index in [1.165, 1.54) is 0 Å². The summed E-state index contributed by atoms with van der Waals surface area (Å²) < 4.78 is 46.5. The van der Waals surface area contributed by atoms with Crippen LogP contribution in [0, 0.1) is 0 Å². The third kappa shape index (κ3) is 8.35. The van der Waals surface area contributed by atoms with E-state index in [-0.39, 0.29) is 12.6 Å². The molecule has 1 saturated heterocycles. The molecule has 2 heterocycles. The van der Waals surface area contributed by atoms with Crippen molar-refractivity contribution < 1.29 is 27.4 Å². The van der Waals surface area contributed by atoms with Crippen molar-refractivity contribution in [1.29, 1.82) is 0 Å². The molecule has 0 bridgehead atoms. The monoisotopic (exact) mass is 452 g/mol. The number of urea groups is 1. The second-order valence-corrected chi connectivity index (χ2v) is 7.42. The summed E-state index contributed by atoms with van der Waals surface area (Å²) >= 11 is 0. The van der Waals surface area contributed by atoms with Crippen molar-refractivity contribution in [3.05, 3.63) is 54.4 Å². The number of anilines is 1. The fraction of sp³-hybridized carbons (Fsp3) is 0.455. The van der Waals surface area contributed by atoms with Gasteiger partial charge in [0.15, 0.2) is 0 Å². The largest absolute Gasteiger partial charge is 0.487 e. The van der Waals surface area contributed by atoms with Gasteiger partial charge >= 0.3 is 12.2 Å². The molecule has 1 N–H and O–H groups in total. The van der Waals surface area contributed by atoms with E-state index in [0.29, 0.717) is 57.2 Å². The molecule has 174 valence electrons. The van der Waals surface area contributed by atoms with Gasteiger partial charge in [0.1, 0.15) is 19.0 Å². The maximum atomic E-state index is 12.6. The number of pyridine rings is 1. The van der Waals surface area contributed by atoms with E-state index in [0.717, 1.165) is 5.69 Å². The molecule has 10 heteroatoms. The van der Waals surface area contributed by atoms with Crippen LogP contribution in [0.25, 0.3) is 0 Å². The lowest BCUT2D eigenvalue weighted by molar-refractivity contribution is -0.174. The molecule has 0 radical (unpaired) electrons. The molecule has 1 aromatic heterocycles. The molecule has 1 fully saturated rings. The number of carbonyl (C=O) groups is 1. The van der Waals surface area contributed by atoms with Crippen LogP contribution in [0.2, 0.25) is 0 Å². The van der Waals surface area contributed by atoms with Gasteiger partial charge in [-0.2, -0.15) is 13.2 Å². The number of nitrogens with one attached hydrogen (secondary N) is 1. The van der Waals surface area contributed by atoms with Crippen LogP contribution in [0.3, 0.4) is 0 Å². The van der Waals surface area contributed by atoms with Crippen molar-refractivity contribution in [2.75, 3.05) is 51.3 Å². The molecule has 0 spiro atoms. The maximum Gasteiger partial charge on any atom is 0.411 e. The summed E-state index contributed by atoms with van der Waals surface area (Å²) in [5, 5.41) is 2.89. The molecule has 0 atom stereocenters. The molecule has 1 aliphatic heterocycles. The molecule has 0 unspecified atom stereocenters. The first kappa shape index (κ1) is 23.8. The molecule has 1 aliphatic rings. The van der Waals surface area contributed by atoms with Crippen LogP contribution in [0.1, 0.15) is 12.1 Å². The minimum atomic E-state index is -4.29. The zero-order chi connectivity index (χ0) is 22.8. The number of ether oxygens (including phenoxy) is 2. The van der Waals surface area contributed by atoms with Crippen molar-refractivity contribution in [3.63, 3.8) is 0 Å². The van der Waals surface area contributed by atoms with Gasteiger partial charge in [0, 0.05) is 57.3 Å². The van der Waals surface area contributed by atoms with Crippen LogP contribution < -0.4 is 10.1 Å². The van der Waals surface area contributed by atoms with Crippen LogP contribution in [-0.2, 0) is 11.3 Å². The number of hydrogen-bond acceptors (Lipinski definition) is 5. The first-order valence-electron chi connectivity index (χ1n) is 10.4. The van der Waals surface area contributed by atoms with Crippen LogP contribution in [-0.4, -0.2) is 72.9 Å². The Hall–Kier alpha value is -2.85. The van der Waals surface area contributed by atoms with Gasteiger partial charge in [0.2, 0.25) is 0 Å². The first-order valence-corrected chi connectivity index (χ1v) is 10.4. The summed E-state index contributed by atoms with van der Waals surface area (Å²) in [4.78, 5) is 20.6. The number of hydrogen-bond donors (Lipinski definition) is 1. The fourth-order valence-corrected chi connectivity index (χ4v) is 3.26. The summed E-state index contributed by atoms with van der Waals surface area (Å²) in [5.41, 5.74) is 1.45. The van der Waals surface area contributed by atoms with E-state index >= 15 is 0 Å². The van der Waals surface area contributed by atoms with Gasteiger partial charge in [-0.15, -0.1) is 0 Å². The number of halogens is 3. The number of carbonyl (C=O) groups excluding carboxylic acids is 1. The number of aromatic nitrogens is 1. The van der Waals surface area contributed by atoms with Gasteiger partial charge in [0.05, 0.1) is 5.69 Å². The van der Waals surface area contributed by atoms with Gasteiger partial charge in [-0.05, 0) is 30.7 Å². The van der Waals surface area contributed by atoms with E-state index in [2.05, 4.69) is 19.9 Å². The lowest BCUT2D eigenvalue weighted by Gasteiger charge is -2.34. The highest BCUT2D eigenvalue weighted by atomic mass is 19.4. The highest BCUT2D eigenvalue weighted by Gasteiger charge is 2.27. The van der Waals surface area contributed by atoms with Crippen molar-refractivity contribution in [3.8, 4) is 5.75 Å². The van der Waals surface area contributed by atoms with Crippen LogP contribution in [0.15, 0.2) is 48.7 Å². The molecule has 0 aliphatic carbocycles. The summed E-state index contributed by atoms with van der Waals surface area (Å²) in [7, 11) is 0. The summed E-state index contributed by atoms with van der Waals surface area (Å²) in [6, 6.07) is 12.6. The third-order valence-corrected chi connectivity index (χ3v) is 4.89. The molecule has 1 aromatic carbocycles. The summed E-state index contributed by atoms with van der Waals surface area (Å²) in [6.07, 6.45) is -2.06. The summed E-state index contributed by atoms with van der Waals surface area (Å²) in [5.74, 6) is 0.631. The van der Waals surface area contributed by atoms with Crippen molar-refractivity contribution in [2.45, 2.75) is 19.2 Å². The molecular formula is C22H27F3N4O3. The molecule has 2 aromatic rings. The second-order valence-electron chi connectivity index (χ2n) is 7.42. The van der Waals surface area contributed by atoms with E-state index in [1.807, 2.05) is 30.3 Å². The topological polar surface area (TPSA) is 66.9 Å². The molecule has 2 amide bonds. The van der Waals surface area contributed by atoms with Crippen molar-refractivity contribution >= 4 is 11.7 Å². The average molecular weight is 452 g/mol. The Bertz CT molecular complexity index is 844. The highest BCUT2D eigenvalue weighted by molar-refractivity contribution is 5.89. The molecular weight excluding hydrogens is 425 g/mol. The van der Waals surface area contributed by atoms with E-state index < -0.39 is 12.8 Å². The lowest BCUT2D eigenvalue weighted by atomic mass is 10.3. The van der Waals surface area contributed by atoms with E-state index in [4.69, 9.17) is 4.74 Å². The number of nitrogens with zero attached hydrogens (tertiary/aromatic N) is 3. The Labute approximate surface area is 185 Å². The van der Waals surface area contributed by atoms with Gasteiger partial charge < -0.3 is 19.7 Å². The number of piperazine rings is 1. The average Bonchev–Trinajstić information content (AvgIpc) is 2.78. The normalized spacial score (nSPS) is 14.9. The van der Waals surface area contributed by atoms with Gasteiger partial charge in [0.25, 0.3) is 0 Å². The predicted molar refractivity (Wildman–Crippen MR) is 114 cm³/mol. The SMILES string of the molecule is O=C(Nc1cccc(OCc2ccccn2)c1)N1CCN(CCCOCC(F)(F)F)CC1. The number of amides is 2. The zero-order valence-electron chi connectivity index (χ0n) is 17.7. The maximum absolute atomic E-state index is 12.6. The Morgan fingerprint density at radius 2 is 1.91 bits per heavy atom. The zero-order valence-corrected chi connectivity index (χ0v) is 17.7. The Kier molecular flexibility index (Phi) is 8.69. The molecule has 32 heavy (non-hydrogen) atoms. The molecule has 3 rings (SSSR count). The number of rotatable bonds is 9. The highest BCUT2D eigenvalue weighted by Crippen LogP contribution is 2.19. The predicted octanol–water partition coefficient (Wildman–Crippen LogP) is 3.78. The van der Waals surface area contributed by atoms with E-state index in [1.54, 1.807) is 23.2 Å². The van der Waals surface area contributed by atoms with Crippen LogP contribution in [0.5, 0.6) is 5.75 Å². The van der Waals surface area contributed by atoms with Crippen molar-refractivity contribution in [2.24, 2.45) is 0 Å². The standard InChI is InChI=1S/C22H27F3N4O3/c23-22(24,25)17-31-14-4-9-28-10-12-29(13-11-28)21(30)27-18-6-3-7-20(15-18)32-16-19-5-1-2-8-26-19/h1-3,5-8,15H,4,9-14,16-17H2,(H,27,30).